The van der Waals surface area contributed by atoms with Crippen molar-refractivity contribution in [2.24, 2.45) is 0 Å². The Hall–Kier alpha value is -0.670. The largest absolute Gasteiger partial charge is 0.479 e. The van der Waals surface area contributed by atoms with E-state index in [0.717, 1.165) is 18.8 Å². The Kier molecular flexibility index (Phi) is 2.70. The minimum Gasteiger partial charge on any atom is -0.479 e. The number of nitrogens with zero attached hydrogens (tertiary/aromatic N) is 1. The third-order valence-electron chi connectivity index (χ3n) is 2.51. The lowest BCUT2D eigenvalue weighted by Gasteiger charge is -2.34. The second kappa shape index (κ2) is 3.83. The highest BCUT2D eigenvalue weighted by Gasteiger charge is 2.28. The fourth-order valence-corrected chi connectivity index (χ4v) is 1.60. The molecule has 0 spiro atoms. The van der Waals surface area contributed by atoms with E-state index in [9.17, 15) is 0 Å². The second-order valence-electron chi connectivity index (χ2n) is 3.78. The van der Waals surface area contributed by atoms with Crippen LogP contribution in [0.25, 0.3) is 0 Å². The highest BCUT2D eigenvalue weighted by atomic mass is 35.5. The van der Waals surface area contributed by atoms with Crippen molar-refractivity contribution in [3.8, 4) is 0 Å². The zero-order valence-corrected chi connectivity index (χ0v) is 9.05. The molecule has 1 unspecified atom stereocenters. The number of alkyl halides is 1. The van der Waals surface area contributed by atoms with Crippen molar-refractivity contribution in [1.82, 2.24) is 10.2 Å². The topological polar surface area (TPSA) is 24.5 Å². The van der Waals surface area contributed by atoms with Crippen LogP contribution in [0, 0.1) is 0 Å². The summed E-state index contributed by atoms with van der Waals surface area (Å²) < 4.78 is 5.64. The van der Waals surface area contributed by atoms with E-state index < -0.39 is 5.00 Å². The molecule has 0 aliphatic carbocycles. The third kappa shape index (κ3) is 2.04. The van der Waals surface area contributed by atoms with Gasteiger partial charge in [-0.3, -0.25) is 4.90 Å². The SMILES string of the molecule is CC1(Cl)NC=CC=C1OCN1CCC1. The number of allylic oxidation sites excluding steroid dienone is 2. The molecule has 1 fully saturated rings. The van der Waals surface area contributed by atoms with E-state index in [4.69, 9.17) is 16.3 Å². The predicted molar refractivity (Wildman–Crippen MR) is 56.8 cm³/mol. The van der Waals surface area contributed by atoms with Crippen molar-refractivity contribution in [2.75, 3.05) is 19.8 Å². The Balaban J connectivity index is 1.88. The summed E-state index contributed by atoms with van der Waals surface area (Å²) in [5.41, 5.74) is 0. The highest BCUT2D eigenvalue weighted by Crippen LogP contribution is 2.25. The predicted octanol–water partition coefficient (Wildman–Crippen LogP) is 1.62. The summed E-state index contributed by atoms with van der Waals surface area (Å²) in [5, 5.41) is 3.04. The van der Waals surface area contributed by atoms with E-state index in [-0.39, 0.29) is 0 Å². The summed E-state index contributed by atoms with van der Waals surface area (Å²) in [7, 11) is 0. The van der Waals surface area contributed by atoms with Crippen LogP contribution in [0.15, 0.2) is 24.1 Å². The monoisotopic (exact) mass is 214 g/mol. The van der Waals surface area contributed by atoms with E-state index in [1.54, 1.807) is 0 Å². The minimum atomic E-state index is -0.598. The molecular formula is C10H15ClN2O. The smallest absolute Gasteiger partial charge is 0.167 e. The average molecular weight is 215 g/mol. The van der Waals surface area contributed by atoms with E-state index in [1.165, 1.54) is 6.42 Å². The maximum Gasteiger partial charge on any atom is 0.167 e. The van der Waals surface area contributed by atoms with Gasteiger partial charge in [-0.25, -0.2) is 0 Å². The summed E-state index contributed by atoms with van der Waals surface area (Å²) in [6, 6.07) is 0. The molecule has 14 heavy (non-hydrogen) atoms. The lowest BCUT2D eigenvalue weighted by atomic mass is 10.2. The van der Waals surface area contributed by atoms with Crippen molar-refractivity contribution in [1.29, 1.82) is 0 Å². The molecule has 3 nitrogen and oxygen atoms in total. The molecule has 1 N–H and O–H groups in total. The van der Waals surface area contributed by atoms with Gasteiger partial charge in [-0.1, -0.05) is 11.6 Å². The minimum absolute atomic E-state index is 0.598. The van der Waals surface area contributed by atoms with Crippen molar-refractivity contribution < 1.29 is 4.74 Å². The fraction of sp³-hybridized carbons (Fsp3) is 0.600. The van der Waals surface area contributed by atoms with Crippen molar-refractivity contribution in [3.05, 3.63) is 24.1 Å². The molecule has 2 aliphatic heterocycles. The van der Waals surface area contributed by atoms with Gasteiger partial charge in [0.25, 0.3) is 0 Å². The molecule has 0 aromatic carbocycles. The van der Waals surface area contributed by atoms with Crippen LogP contribution in [0.3, 0.4) is 0 Å². The Morgan fingerprint density at radius 2 is 2.43 bits per heavy atom. The fourth-order valence-electron chi connectivity index (χ4n) is 1.42. The third-order valence-corrected chi connectivity index (χ3v) is 2.81. The first-order valence-corrected chi connectivity index (χ1v) is 5.25. The first-order chi connectivity index (χ1) is 6.68. The molecule has 78 valence electrons. The zero-order chi connectivity index (χ0) is 10.0. The van der Waals surface area contributed by atoms with Gasteiger partial charge < -0.3 is 10.1 Å². The maximum absolute atomic E-state index is 6.21. The quantitative estimate of drug-likeness (QED) is 0.571. The van der Waals surface area contributed by atoms with Gasteiger partial charge in [-0.05, 0) is 31.7 Å². The molecule has 0 amide bonds. The molecule has 4 heteroatoms. The van der Waals surface area contributed by atoms with Gasteiger partial charge in [-0.2, -0.15) is 0 Å². The number of halogens is 1. The standard InChI is InChI=1S/C10H15ClN2O/c1-10(11)9(4-2-5-12-10)14-8-13-6-3-7-13/h2,4-5,12H,3,6-8H2,1H3. The summed E-state index contributed by atoms with van der Waals surface area (Å²) in [4.78, 5) is 1.64. The Labute approximate surface area is 89.4 Å². The highest BCUT2D eigenvalue weighted by molar-refractivity contribution is 6.25. The van der Waals surface area contributed by atoms with Gasteiger partial charge in [0.15, 0.2) is 5.00 Å². The van der Waals surface area contributed by atoms with Crippen LogP contribution in [0.2, 0.25) is 0 Å². The molecule has 0 bridgehead atoms. The van der Waals surface area contributed by atoms with E-state index in [1.807, 2.05) is 25.3 Å². The molecule has 2 heterocycles. The molecule has 0 saturated carbocycles. The van der Waals surface area contributed by atoms with Gasteiger partial charge in [-0.15, -0.1) is 0 Å². The van der Waals surface area contributed by atoms with Gasteiger partial charge in [0, 0.05) is 13.1 Å². The van der Waals surface area contributed by atoms with Gasteiger partial charge in [0.05, 0.1) is 0 Å². The molecular weight excluding hydrogens is 200 g/mol. The van der Waals surface area contributed by atoms with Crippen molar-refractivity contribution in [2.45, 2.75) is 18.3 Å². The summed E-state index contributed by atoms with van der Waals surface area (Å²) in [6.45, 7) is 4.80. The molecule has 0 aromatic heterocycles. The zero-order valence-electron chi connectivity index (χ0n) is 8.29. The molecule has 1 saturated heterocycles. The normalized spacial score (nSPS) is 31.7. The summed E-state index contributed by atoms with van der Waals surface area (Å²) >= 11 is 6.21. The number of hydrogen-bond acceptors (Lipinski definition) is 3. The lowest BCUT2D eigenvalue weighted by Crippen LogP contribution is -2.42. The first kappa shape index (κ1) is 9.87. The van der Waals surface area contributed by atoms with Crippen LogP contribution < -0.4 is 5.32 Å². The van der Waals surface area contributed by atoms with Crippen molar-refractivity contribution in [3.63, 3.8) is 0 Å². The molecule has 0 aromatic rings. The summed E-state index contributed by atoms with van der Waals surface area (Å²) in [6.07, 6.45) is 6.90. The number of hydrogen-bond donors (Lipinski definition) is 1. The molecule has 0 radical (unpaired) electrons. The van der Waals surface area contributed by atoms with Gasteiger partial charge in [0.2, 0.25) is 0 Å². The molecule has 1 atom stereocenters. The van der Waals surface area contributed by atoms with E-state index in [2.05, 4.69) is 10.2 Å². The summed E-state index contributed by atoms with van der Waals surface area (Å²) in [5.74, 6) is 0.786. The number of dihydropyridines is 1. The number of nitrogens with one attached hydrogen (secondary N) is 1. The van der Waals surface area contributed by atoms with Crippen molar-refractivity contribution >= 4 is 11.6 Å². The Bertz CT molecular complexity index is 269. The number of likely N-dealkylation sites (tertiary alicyclic amines) is 1. The van der Waals surface area contributed by atoms with Crippen LogP contribution in [0.1, 0.15) is 13.3 Å². The Morgan fingerprint density at radius 1 is 1.64 bits per heavy atom. The average Bonchev–Trinajstić information content (AvgIpc) is 2.04. The lowest BCUT2D eigenvalue weighted by molar-refractivity contribution is 0.0232. The van der Waals surface area contributed by atoms with Crippen LogP contribution in [-0.2, 0) is 4.74 Å². The first-order valence-electron chi connectivity index (χ1n) is 4.87. The maximum atomic E-state index is 6.21. The van der Waals surface area contributed by atoms with E-state index >= 15 is 0 Å². The van der Waals surface area contributed by atoms with Crippen LogP contribution >= 0.6 is 11.6 Å². The van der Waals surface area contributed by atoms with Gasteiger partial charge in [0.1, 0.15) is 12.5 Å². The second-order valence-corrected chi connectivity index (χ2v) is 4.54. The number of rotatable bonds is 3. The molecule has 2 rings (SSSR count). The van der Waals surface area contributed by atoms with Crippen LogP contribution in [0.4, 0.5) is 0 Å². The van der Waals surface area contributed by atoms with Gasteiger partial charge >= 0.3 is 0 Å². The van der Waals surface area contributed by atoms with E-state index in [0.29, 0.717) is 6.73 Å². The van der Waals surface area contributed by atoms with Crippen LogP contribution in [-0.4, -0.2) is 29.7 Å². The molecule has 2 aliphatic rings. The number of ether oxygens (including phenoxy) is 1. The Morgan fingerprint density at radius 3 is 3.00 bits per heavy atom. The van der Waals surface area contributed by atoms with Crippen LogP contribution in [0.5, 0.6) is 0 Å².